The molecule has 0 radical (unpaired) electrons. The molecule has 9 nitrogen and oxygen atoms in total. The molecule has 0 spiro atoms. The number of rotatable bonds is 10. The maximum absolute atomic E-state index is 12.8. The van der Waals surface area contributed by atoms with Gasteiger partial charge in [-0.25, -0.2) is 16.8 Å². The van der Waals surface area contributed by atoms with Crippen molar-refractivity contribution in [3.8, 4) is 5.75 Å². The van der Waals surface area contributed by atoms with Crippen LogP contribution in [0.5, 0.6) is 5.75 Å². The second-order valence-corrected chi connectivity index (χ2v) is 10.6. The van der Waals surface area contributed by atoms with E-state index in [2.05, 4.69) is 10.6 Å². The van der Waals surface area contributed by atoms with Crippen molar-refractivity contribution in [3.05, 3.63) is 42.5 Å². The van der Waals surface area contributed by atoms with E-state index in [0.717, 1.165) is 6.26 Å². The van der Waals surface area contributed by atoms with E-state index < -0.39 is 25.8 Å². The summed E-state index contributed by atoms with van der Waals surface area (Å²) in [6, 6.07) is 10.4. The molecule has 0 unspecified atom stereocenters. The minimum Gasteiger partial charge on any atom is -0.495 e. The maximum Gasteiger partial charge on any atom is 0.243 e. The van der Waals surface area contributed by atoms with Gasteiger partial charge in [0.25, 0.3) is 0 Å². The van der Waals surface area contributed by atoms with Crippen LogP contribution in [0.2, 0.25) is 0 Å². The van der Waals surface area contributed by atoms with Crippen LogP contribution in [0.3, 0.4) is 0 Å². The fourth-order valence-corrected chi connectivity index (χ4v) is 5.02. The minimum absolute atomic E-state index is 0.0427. The van der Waals surface area contributed by atoms with Crippen LogP contribution in [0.25, 0.3) is 0 Å². The zero-order valence-corrected chi connectivity index (χ0v) is 19.5. The number of nitrogens with one attached hydrogen (secondary N) is 2. The number of hydrogen-bond donors (Lipinski definition) is 2. The van der Waals surface area contributed by atoms with E-state index in [4.69, 9.17) is 4.74 Å². The number of anilines is 2. The van der Waals surface area contributed by atoms with Crippen molar-refractivity contribution in [2.24, 2.45) is 0 Å². The zero-order valence-electron chi connectivity index (χ0n) is 17.9. The van der Waals surface area contributed by atoms with E-state index in [0.29, 0.717) is 24.5 Å². The zero-order chi connectivity index (χ0) is 23.2. The molecule has 0 saturated heterocycles. The number of sulfone groups is 1. The van der Waals surface area contributed by atoms with Gasteiger partial charge in [0.15, 0.2) is 9.84 Å². The molecule has 0 heterocycles. The first kappa shape index (κ1) is 24.6. The van der Waals surface area contributed by atoms with Gasteiger partial charge in [-0.1, -0.05) is 19.9 Å². The molecule has 11 heteroatoms. The Kier molecular flexibility index (Phi) is 8.04. The summed E-state index contributed by atoms with van der Waals surface area (Å²) < 4.78 is 55.4. The van der Waals surface area contributed by atoms with Gasteiger partial charge in [-0.2, -0.15) is 4.31 Å². The number of benzene rings is 2. The molecule has 0 fully saturated rings. The van der Waals surface area contributed by atoms with Gasteiger partial charge in [-0.3, -0.25) is 4.79 Å². The van der Waals surface area contributed by atoms with Gasteiger partial charge in [-0.15, -0.1) is 0 Å². The highest BCUT2D eigenvalue weighted by molar-refractivity contribution is 7.90. The van der Waals surface area contributed by atoms with Crippen molar-refractivity contribution in [1.82, 2.24) is 4.31 Å². The highest BCUT2D eigenvalue weighted by atomic mass is 32.2. The van der Waals surface area contributed by atoms with Crippen LogP contribution in [-0.2, 0) is 24.7 Å². The molecule has 31 heavy (non-hydrogen) atoms. The number of carbonyl (C=O) groups excluding carboxylic acids is 1. The molecule has 1 amide bonds. The van der Waals surface area contributed by atoms with E-state index in [-0.39, 0.29) is 22.0 Å². The van der Waals surface area contributed by atoms with Gasteiger partial charge >= 0.3 is 0 Å². The Bertz CT molecular complexity index is 1140. The van der Waals surface area contributed by atoms with Gasteiger partial charge in [0.1, 0.15) is 5.75 Å². The third-order valence-electron chi connectivity index (χ3n) is 4.50. The fourth-order valence-electron chi connectivity index (χ4n) is 2.87. The Balaban J connectivity index is 2.19. The molecule has 0 bridgehead atoms. The van der Waals surface area contributed by atoms with Gasteiger partial charge < -0.3 is 15.4 Å². The molecule has 170 valence electrons. The molecule has 0 aromatic heterocycles. The minimum atomic E-state index is -3.70. The predicted octanol–water partition coefficient (Wildman–Crippen LogP) is 2.18. The number of hydrogen-bond acceptors (Lipinski definition) is 7. The summed E-state index contributed by atoms with van der Waals surface area (Å²) in [5, 5.41) is 5.49. The van der Waals surface area contributed by atoms with E-state index in [1.165, 1.54) is 41.7 Å². The lowest BCUT2D eigenvalue weighted by molar-refractivity contribution is -0.114. The van der Waals surface area contributed by atoms with Crippen molar-refractivity contribution in [2.45, 2.75) is 23.6 Å². The van der Waals surface area contributed by atoms with Crippen LogP contribution in [0.4, 0.5) is 11.4 Å². The molecule has 2 aromatic rings. The number of carbonyl (C=O) groups is 1. The predicted molar refractivity (Wildman–Crippen MR) is 120 cm³/mol. The molecule has 0 atom stereocenters. The Morgan fingerprint density at radius 1 is 1.00 bits per heavy atom. The Hall–Kier alpha value is -2.63. The molecular formula is C20H27N3O6S2. The molecule has 0 aliphatic carbocycles. The van der Waals surface area contributed by atoms with Crippen molar-refractivity contribution in [1.29, 1.82) is 0 Å². The smallest absolute Gasteiger partial charge is 0.243 e. The van der Waals surface area contributed by atoms with Crippen LogP contribution < -0.4 is 15.4 Å². The summed E-state index contributed by atoms with van der Waals surface area (Å²) in [4.78, 5) is 12.6. The lowest BCUT2D eigenvalue weighted by Crippen LogP contribution is -2.30. The van der Waals surface area contributed by atoms with Crippen molar-refractivity contribution in [2.75, 3.05) is 43.6 Å². The van der Waals surface area contributed by atoms with Gasteiger partial charge in [0, 0.05) is 25.0 Å². The van der Waals surface area contributed by atoms with E-state index >= 15 is 0 Å². The maximum atomic E-state index is 12.8. The standard InChI is InChI=1S/C20H27N3O6S2/c1-5-23(6-2)31(27,28)17-10-11-19(29-3)18(13-17)22-20(24)14-21-15-8-7-9-16(12-15)30(4,25)26/h7-13,21H,5-6,14H2,1-4H3,(H,22,24). The van der Waals surface area contributed by atoms with Crippen molar-refractivity contribution in [3.63, 3.8) is 0 Å². The van der Waals surface area contributed by atoms with E-state index in [9.17, 15) is 21.6 Å². The summed E-state index contributed by atoms with van der Waals surface area (Å²) in [5.41, 5.74) is 0.676. The number of methoxy groups -OCH3 is 1. The van der Waals surface area contributed by atoms with Gasteiger partial charge in [0.2, 0.25) is 15.9 Å². The highest BCUT2D eigenvalue weighted by Gasteiger charge is 2.23. The lowest BCUT2D eigenvalue weighted by atomic mass is 10.3. The fraction of sp³-hybridized carbons (Fsp3) is 0.350. The van der Waals surface area contributed by atoms with Crippen LogP contribution in [0.15, 0.2) is 52.3 Å². The number of ether oxygens (including phenoxy) is 1. The van der Waals surface area contributed by atoms with E-state index in [1.807, 2.05) is 0 Å². The SMILES string of the molecule is CCN(CC)S(=O)(=O)c1ccc(OC)c(NC(=O)CNc2cccc(S(C)(=O)=O)c2)c1. The third-order valence-corrected chi connectivity index (χ3v) is 7.66. The van der Waals surface area contributed by atoms with Gasteiger partial charge in [-0.05, 0) is 36.4 Å². The number of nitrogens with zero attached hydrogens (tertiary/aromatic N) is 1. The number of amides is 1. The summed E-state index contributed by atoms with van der Waals surface area (Å²) in [5.74, 6) is -0.147. The first-order valence-corrected chi connectivity index (χ1v) is 12.9. The normalized spacial score (nSPS) is 11.9. The second-order valence-electron chi connectivity index (χ2n) is 6.65. The molecule has 0 saturated carbocycles. The Morgan fingerprint density at radius 2 is 1.68 bits per heavy atom. The highest BCUT2D eigenvalue weighted by Crippen LogP contribution is 2.29. The van der Waals surface area contributed by atoms with Crippen LogP contribution in [-0.4, -0.2) is 60.0 Å². The lowest BCUT2D eigenvalue weighted by Gasteiger charge is -2.19. The van der Waals surface area contributed by atoms with Crippen LogP contribution in [0, 0.1) is 0 Å². The Labute approximate surface area is 183 Å². The van der Waals surface area contributed by atoms with Gasteiger partial charge in [0.05, 0.1) is 29.1 Å². The van der Waals surface area contributed by atoms with Crippen molar-refractivity contribution >= 4 is 37.1 Å². The molecule has 2 rings (SSSR count). The molecule has 2 aromatic carbocycles. The van der Waals surface area contributed by atoms with Crippen molar-refractivity contribution < 1.29 is 26.4 Å². The topological polar surface area (TPSA) is 122 Å². The quantitative estimate of drug-likeness (QED) is 0.547. The van der Waals surface area contributed by atoms with Crippen LogP contribution in [0.1, 0.15) is 13.8 Å². The largest absolute Gasteiger partial charge is 0.495 e. The average molecular weight is 470 g/mol. The Morgan fingerprint density at radius 3 is 2.26 bits per heavy atom. The summed E-state index contributed by atoms with van der Waals surface area (Å²) in [6.45, 7) is 3.98. The third kappa shape index (κ3) is 6.18. The first-order valence-electron chi connectivity index (χ1n) is 9.55. The molecule has 0 aliphatic rings. The van der Waals surface area contributed by atoms with E-state index in [1.54, 1.807) is 26.0 Å². The second kappa shape index (κ2) is 10.1. The monoisotopic (exact) mass is 469 g/mol. The molecule has 2 N–H and O–H groups in total. The molecule has 0 aliphatic heterocycles. The average Bonchev–Trinajstić information content (AvgIpc) is 2.72. The number of sulfonamides is 1. The molecular weight excluding hydrogens is 442 g/mol. The summed E-state index contributed by atoms with van der Waals surface area (Å²) >= 11 is 0. The summed E-state index contributed by atoms with van der Waals surface area (Å²) in [6.07, 6.45) is 1.10. The summed E-state index contributed by atoms with van der Waals surface area (Å²) in [7, 11) is -5.66. The first-order chi connectivity index (χ1) is 14.5. The van der Waals surface area contributed by atoms with Crippen LogP contribution >= 0.6 is 0 Å².